The van der Waals surface area contributed by atoms with Crippen molar-refractivity contribution in [3.05, 3.63) is 22.4 Å². The van der Waals surface area contributed by atoms with E-state index in [4.69, 9.17) is 0 Å². The first-order chi connectivity index (χ1) is 7.43. The van der Waals surface area contributed by atoms with Gasteiger partial charge in [0.25, 0.3) is 0 Å². The topological polar surface area (TPSA) is 15.3 Å². The van der Waals surface area contributed by atoms with Crippen LogP contribution in [0.4, 0.5) is 0 Å². The lowest BCUT2D eigenvalue weighted by Gasteiger charge is -2.27. The van der Waals surface area contributed by atoms with Gasteiger partial charge in [-0.2, -0.15) is 0 Å². The first kappa shape index (κ1) is 9.82. The number of thiophene rings is 1. The fraction of sp³-hybridized carbons (Fsp3) is 0.667. The van der Waals surface area contributed by atoms with Crippen molar-refractivity contribution >= 4 is 11.3 Å². The molecule has 1 aliphatic carbocycles. The van der Waals surface area contributed by atoms with Crippen LogP contribution in [-0.2, 0) is 0 Å². The minimum atomic E-state index is 0.889. The predicted molar refractivity (Wildman–Crippen MR) is 64.5 cm³/mol. The molecule has 1 aromatic heterocycles. The third kappa shape index (κ3) is 2.25. The molecular formula is C12H18N2S. The van der Waals surface area contributed by atoms with Crippen LogP contribution >= 0.6 is 11.3 Å². The van der Waals surface area contributed by atoms with Crippen LogP contribution in [0.15, 0.2) is 17.5 Å². The Morgan fingerprint density at radius 3 is 3.00 bits per heavy atom. The molecule has 2 aliphatic rings. The molecule has 0 radical (unpaired) electrons. The quantitative estimate of drug-likeness (QED) is 0.838. The van der Waals surface area contributed by atoms with Crippen molar-refractivity contribution in [2.75, 3.05) is 32.7 Å². The van der Waals surface area contributed by atoms with Crippen LogP contribution in [-0.4, -0.2) is 37.6 Å². The van der Waals surface area contributed by atoms with Crippen molar-refractivity contribution in [1.29, 1.82) is 0 Å². The number of piperazine rings is 1. The Bertz CT molecular complexity index is 303. The zero-order valence-corrected chi connectivity index (χ0v) is 9.80. The van der Waals surface area contributed by atoms with Gasteiger partial charge in [-0.05, 0) is 29.7 Å². The van der Waals surface area contributed by atoms with Gasteiger partial charge in [0, 0.05) is 37.6 Å². The highest BCUT2D eigenvalue weighted by atomic mass is 32.1. The lowest BCUT2D eigenvalue weighted by Crippen LogP contribution is -2.44. The van der Waals surface area contributed by atoms with E-state index in [0.29, 0.717) is 0 Å². The number of hydrogen-bond donors (Lipinski definition) is 1. The molecule has 15 heavy (non-hydrogen) atoms. The Kier molecular flexibility index (Phi) is 2.77. The van der Waals surface area contributed by atoms with Gasteiger partial charge in [-0.3, -0.25) is 0 Å². The fourth-order valence-electron chi connectivity index (χ4n) is 2.53. The minimum Gasteiger partial charge on any atom is -0.314 e. The summed E-state index contributed by atoms with van der Waals surface area (Å²) in [6, 6.07) is 4.48. The standard InChI is InChI=1S/C12H18N2S/c1-2-12(15-7-1)11-8-10(11)9-14-5-3-13-4-6-14/h1-2,7,10-11,13H,3-6,8-9H2/t10-,11-/m0/s1. The maximum Gasteiger partial charge on any atom is 0.0107 e. The molecule has 0 bridgehead atoms. The largest absolute Gasteiger partial charge is 0.314 e. The van der Waals surface area contributed by atoms with Crippen molar-refractivity contribution in [2.45, 2.75) is 12.3 Å². The van der Waals surface area contributed by atoms with Crippen molar-refractivity contribution in [2.24, 2.45) is 5.92 Å². The fourth-order valence-corrected chi connectivity index (χ4v) is 3.46. The van der Waals surface area contributed by atoms with Gasteiger partial charge in [-0.1, -0.05) is 6.07 Å². The van der Waals surface area contributed by atoms with E-state index < -0.39 is 0 Å². The molecule has 2 heterocycles. The molecule has 2 nitrogen and oxygen atoms in total. The van der Waals surface area contributed by atoms with E-state index in [1.807, 2.05) is 11.3 Å². The molecule has 3 heteroatoms. The molecule has 0 aromatic carbocycles. The Morgan fingerprint density at radius 2 is 2.27 bits per heavy atom. The number of nitrogens with one attached hydrogen (secondary N) is 1. The molecule has 3 rings (SSSR count). The average Bonchev–Trinajstić information content (AvgIpc) is 2.82. The number of rotatable bonds is 3. The number of hydrogen-bond acceptors (Lipinski definition) is 3. The van der Waals surface area contributed by atoms with E-state index in [1.54, 1.807) is 4.88 Å². The van der Waals surface area contributed by atoms with E-state index in [2.05, 4.69) is 27.7 Å². The third-order valence-electron chi connectivity index (χ3n) is 3.53. The van der Waals surface area contributed by atoms with Crippen LogP contribution in [0.1, 0.15) is 17.2 Å². The molecule has 1 aromatic rings. The van der Waals surface area contributed by atoms with E-state index in [0.717, 1.165) is 11.8 Å². The summed E-state index contributed by atoms with van der Waals surface area (Å²) in [5, 5.41) is 5.61. The molecule has 0 unspecified atom stereocenters. The highest BCUT2D eigenvalue weighted by molar-refractivity contribution is 7.10. The average molecular weight is 222 g/mol. The normalized spacial score (nSPS) is 31.7. The van der Waals surface area contributed by atoms with Gasteiger partial charge in [-0.25, -0.2) is 0 Å². The van der Waals surface area contributed by atoms with Crippen molar-refractivity contribution < 1.29 is 0 Å². The molecule has 0 amide bonds. The monoisotopic (exact) mass is 222 g/mol. The summed E-state index contributed by atoms with van der Waals surface area (Å²) in [7, 11) is 0. The van der Waals surface area contributed by atoms with Gasteiger partial charge in [0.1, 0.15) is 0 Å². The van der Waals surface area contributed by atoms with Crippen molar-refractivity contribution in [1.82, 2.24) is 10.2 Å². The summed E-state index contributed by atoms with van der Waals surface area (Å²) < 4.78 is 0. The van der Waals surface area contributed by atoms with Crippen molar-refractivity contribution in [3.8, 4) is 0 Å². The zero-order valence-electron chi connectivity index (χ0n) is 8.98. The van der Waals surface area contributed by atoms with Crippen molar-refractivity contribution in [3.63, 3.8) is 0 Å². The van der Waals surface area contributed by atoms with E-state index in [9.17, 15) is 0 Å². The maximum absolute atomic E-state index is 3.41. The SMILES string of the molecule is c1csc([C@H]2C[C@H]2CN2CCNCC2)c1. The van der Waals surface area contributed by atoms with Crippen LogP contribution < -0.4 is 5.32 Å². The lowest BCUT2D eigenvalue weighted by molar-refractivity contribution is 0.231. The molecule has 0 spiro atoms. The second-order valence-corrected chi connectivity index (χ2v) is 5.65. The first-order valence-electron chi connectivity index (χ1n) is 5.90. The van der Waals surface area contributed by atoms with Crippen LogP contribution in [0.3, 0.4) is 0 Å². The zero-order chi connectivity index (χ0) is 10.1. The first-order valence-corrected chi connectivity index (χ1v) is 6.78. The summed E-state index contributed by atoms with van der Waals surface area (Å²) in [4.78, 5) is 4.23. The van der Waals surface area contributed by atoms with Gasteiger partial charge in [-0.15, -0.1) is 11.3 Å². The highest BCUT2D eigenvalue weighted by Gasteiger charge is 2.39. The van der Waals surface area contributed by atoms with E-state index in [-0.39, 0.29) is 0 Å². The summed E-state index contributed by atoms with van der Waals surface area (Å²) in [6.45, 7) is 6.17. The summed E-state index contributed by atoms with van der Waals surface area (Å²) in [5.74, 6) is 1.83. The predicted octanol–water partition coefficient (Wildman–Crippen LogP) is 1.76. The van der Waals surface area contributed by atoms with Crippen LogP contribution in [0, 0.1) is 5.92 Å². The summed E-state index contributed by atoms with van der Waals surface area (Å²) in [5.41, 5.74) is 0. The third-order valence-corrected chi connectivity index (χ3v) is 4.54. The summed E-state index contributed by atoms with van der Waals surface area (Å²) in [6.07, 6.45) is 1.42. The van der Waals surface area contributed by atoms with Crippen LogP contribution in [0.5, 0.6) is 0 Å². The van der Waals surface area contributed by atoms with Crippen LogP contribution in [0.25, 0.3) is 0 Å². The highest BCUT2D eigenvalue weighted by Crippen LogP contribution is 2.49. The van der Waals surface area contributed by atoms with Gasteiger partial charge in [0.2, 0.25) is 0 Å². The molecule has 2 atom stereocenters. The molecule has 2 fully saturated rings. The Labute approximate surface area is 95.3 Å². The molecule has 1 saturated heterocycles. The molecule has 1 aliphatic heterocycles. The molecule has 82 valence electrons. The van der Waals surface area contributed by atoms with Gasteiger partial charge in [0.05, 0.1) is 0 Å². The van der Waals surface area contributed by atoms with Gasteiger partial charge >= 0.3 is 0 Å². The van der Waals surface area contributed by atoms with Crippen LogP contribution in [0.2, 0.25) is 0 Å². The number of nitrogens with zero attached hydrogens (tertiary/aromatic N) is 1. The second-order valence-electron chi connectivity index (χ2n) is 4.67. The maximum atomic E-state index is 3.41. The second kappa shape index (κ2) is 4.24. The Hall–Kier alpha value is -0.380. The summed E-state index contributed by atoms with van der Waals surface area (Å²) >= 11 is 1.93. The molecular weight excluding hydrogens is 204 g/mol. The van der Waals surface area contributed by atoms with Gasteiger partial charge in [0.15, 0.2) is 0 Å². The lowest BCUT2D eigenvalue weighted by atomic mass is 10.2. The van der Waals surface area contributed by atoms with E-state index in [1.165, 1.54) is 39.1 Å². The smallest absolute Gasteiger partial charge is 0.0107 e. The Balaban J connectivity index is 1.50. The molecule has 1 saturated carbocycles. The van der Waals surface area contributed by atoms with E-state index >= 15 is 0 Å². The minimum absolute atomic E-state index is 0.889. The van der Waals surface area contributed by atoms with Gasteiger partial charge < -0.3 is 10.2 Å². The Morgan fingerprint density at radius 1 is 1.40 bits per heavy atom. The molecule has 1 N–H and O–H groups in total.